The molecule has 0 radical (unpaired) electrons. The van der Waals surface area contributed by atoms with Gasteiger partial charge in [-0.05, 0) is 11.4 Å². The number of aliphatic carboxylic acids is 1. The molecule has 1 aromatic heterocycles. The first kappa shape index (κ1) is 10.7. The van der Waals surface area contributed by atoms with Crippen molar-refractivity contribution in [2.45, 2.75) is 6.04 Å². The van der Waals surface area contributed by atoms with E-state index in [0.29, 0.717) is 4.88 Å². The van der Waals surface area contributed by atoms with E-state index in [0.717, 1.165) is 0 Å². The van der Waals surface area contributed by atoms with E-state index >= 15 is 0 Å². The number of carboxylic acid groups (broad SMARTS) is 1. The number of thiophene rings is 1. The fraction of sp³-hybridized carbons (Fsp3) is 0.250. The van der Waals surface area contributed by atoms with Gasteiger partial charge in [0.15, 0.2) is 0 Å². The van der Waals surface area contributed by atoms with E-state index in [1.165, 1.54) is 11.3 Å². The summed E-state index contributed by atoms with van der Waals surface area (Å²) in [4.78, 5) is 22.2. The predicted octanol–water partition coefficient (Wildman–Crippen LogP) is -0.110. The van der Waals surface area contributed by atoms with Crippen LogP contribution in [0.25, 0.3) is 0 Å². The zero-order chi connectivity index (χ0) is 10.6. The molecule has 0 aliphatic rings. The SMILES string of the molecule is N[C@H](CNC(=O)c1cccs1)C(=O)O. The Kier molecular flexibility index (Phi) is 3.61. The van der Waals surface area contributed by atoms with Crippen molar-refractivity contribution >= 4 is 23.2 Å². The maximum atomic E-state index is 11.3. The van der Waals surface area contributed by atoms with Crippen molar-refractivity contribution in [3.05, 3.63) is 22.4 Å². The second kappa shape index (κ2) is 4.73. The second-order valence-electron chi connectivity index (χ2n) is 2.63. The highest BCUT2D eigenvalue weighted by Crippen LogP contribution is 2.07. The van der Waals surface area contributed by atoms with Gasteiger partial charge in [0.1, 0.15) is 6.04 Å². The smallest absolute Gasteiger partial charge is 0.322 e. The number of carbonyl (C=O) groups excluding carboxylic acids is 1. The van der Waals surface area contributed by atoms with Gasteiger partial charge in [-0.25, -0.2) is 0 Å². The minimum atomic E-state index is -1.13. The molecule has 0 aliphatic carbocycles. The summed E-state index contributed by atoms with van der Waals surface area (Å²) in [6, 6.07) is 2.35. The third-order valence-electron chi connectivity index (χ3n) is 1.54. The number of hydrogen-bond acceptors (Lipinski definition) is 4. The Hall–Kier alpha value is -1.40. The molecule has 0 fully saturated rings. The first-order valence-corrected chi connectivity index (χ1v) is 4.79. The molecule has 1 aromatic rings. The van der Waals surface area contributed by atoms with E-state index in [-0.39, 0.29) is 12.5 Å². The maximum Gasteiger partial charge on any atom is 0.322 e. The molecule has 76 valence electrons. The average Bonchev–Trinajstić information content (AvgIpc) is 2.66. The molecule has 1 amide bonds. The molecule has 0 spiro atoms. The molecule has 0 saturated carbocycles. The van der Waals surface area contributed by atoms with Crippen LogP contribution in [0.5, 0.6) is 0 Å². The standard InChI is InChI=1S/C8H10N2O3S/c9-5(8(12)13)4-10-7(11)6-2-1-3-14-6/h1-3,5H,4,9H2,(H,10,11)(H,12,13)/t5-/m1/s1. The van der Waals surface area contributed by atoms with Crippen molar-refractivity contribution in [3.8, 4) is 0 Å². The number of carbonyl (C=O) groups is 2. The highest BCUT2D eigenvalue weighted by molar-refractivity contribution is 7.12. The zero-order valence-electron chi connectivity index (χ0n) is 7.27. The highest BCUT2D eigenvalue weighted by atomic mass is 32.1. The monoisotopic (exact) mass is 214 g/mol. The number of nitrogens with one attached hydrogen (secondary N) is 1. The summed E-state index contributed by atoms with van der Waals surface area (Å²) in [7, 11) is 0. The van der Waals surface area contributed by atoms with Gasteiger partial charge < -0.3 is 16.2 Å². The molecule has 1 rings (SSSR count). The predicted molar refractivity (Wildman–Crippen MR) is 52.3 cm³/mol. The van der Waals surface area contributed by atoms with Crippen LogP contribution in [0, 0.1) is 0 Å². The third kappa shape index (κ3) is 2.82. The minimum absolute atomic E-state index is 0.0634. The van der Waals surface area contributed by atoms with Crippen LogP contribution < -0.4 is 11.1 Å². The van der Waals surface area contributed by atoms with Gasteiger partial charge in [-0.15, -0.1) is 11.3 Å². The molecule has 14 heavy (non-hydrogen) atoms. The molecule has 1 heterocycles. The Balaban J connectivity index is 2.40. The Morgan fingerprint density at radius 3 is 2.86 bits per heavy atom. The topological polar surface area (TPSA) is 92.4 Å². The fourth-order valence-corrected chi connectivity index (χ4v) is 1.42. The Morgan fingerprint density at radius 2 is 2.36 bits per heavy atom. The molecule has 0 aliphatic heterocycles. The zero-order valence-corrected chi connectivity index (χ0v) is 8.08. The maximum absolute atomic E-state index is 11.3. The summed E-state index contributed by atoms with van der Waals surface area (Å²) in [5.74, 6) is -1.42. The molecule has 0 saturated heterocycles. The van der Waals surface area contributed by atoms with Crippen molar-refractivity contribution in [3.63, 3.8) is 0 Å². The molecular formula is C8H10N2O3S. The molecule has 0 bridgehead atoms. The minimum Gasteiger partial charge on any atom is -0.480 e. The Bertz CT molecular complexity index is 323. The molecule has 5 nitrogen and oxygen atoms in total. The van der Waals surface area contributed by atoms with Crippen LogP contribution >= 0.6 is 11.3 Å². The van der Waals surface area contributed by atoms with Crippen molar-refractivity contribution in [1.29, 1.82) is 0 Å². The lowest BCUT2D eigenvalue weighted by molar-refractivity contribution is -0.138. The van der Waals surface area contributed by atoms with Crippen LogP contribution in [0.1, 0.15) is 9.67 Å². The van der Waals surface area contributed by atoms with Crippen molar-refractivity contribution < 1.29 is 14.7 Å². The van der Waals surface area contributed by atoms with Gasteiger partial charge in [-0.1, -0.05) is 6.07 Å². The van der Waals surface area contributed by atoms with Gasteiger partial charge in [-0.3, -0.25) is 9.59 Å². The first-order chi connectivity index (χ1) is 6.61. The van der Waals surface area contributed by atoms with E-state index in [4.69, 9.17) is 10.8 Å². The van der Waals surface area contributed by atoms with E-state index in [1.54, 1.807) is 17.5 Å². The summed E-state index contributed by atoms with van der Waals surface area (Å²) in [5, 5.41) is 12.7. The molecule has 4 N–H and O–H groups in total. The summed E-state index contributed by atoms with van der Waals surface area (Å²) < 4.78 is 0. The van der Waals surface area contributed by atoms with Crippen LogP contribution in [0.3, 0.4) is 0 Å². The Labute approximate surface area is 84.5 Å². The normalized spacial score (nSPS) is 12.1. The van der Waals surface area contributed by atoms with Crippen molar-refractivity contribution in [2.75, 3.05) is 6.54 Å². The molecule has 0 aromatic carbocycles. The summed E-state index contributed by atoms with van der Waals surface area (Å²) in [5.41, 5.74) is 5.21. The Morgan fingerprint density at radius 1 is 1.64 bits per heavy atom. The second-order valence-corrected chi connectivity index (χ2v) is 3.58. The largest absolute Gasteiger partial charge is 0.480 e. The molecule has 1 atom stereocenters. The average molecular weight is 214 g/mol. The van der Waals surface area contributed by atoms with Gasteiger partial charge in [0.2, 0.25) is 0 Å². The molecule has 0 unspecified atom stereocenters. The lowest BCUT2D eigenvalue weighted by Crippen LogP contribution is -2.42. The first-order valence-electron chi connectivity index (χ1n) is 3.91. The van der Waals surface area contributed by atoms with Crippen LogP contribution in [0.4, 0.5) is 0 Å². The lowest BCUT2D eigenvalue weighted by atomic mass is 10.3. The van der Waals surface area contributed by atoms with Crippen molar-refractivity contribution in [1.82, 2.24) is 5.32 Å². The number of carboxylic acids is 1. The number of rotatable bonds is 4. The number of hydrogen-bond donors (Lipinski definition) is 3. The van der Waals surface area contributed by atoms with Gasteiger partial charge in [0.25, 0.3) is 5.91 Å². The van der Waals surface area contributed by atoms with Crippen molar-refractivity contribution in [2.24, 2.45) is 5.73 Å². The van der Waals surface area contributed by atoms with Gasteiger partial charge in [0.05, 0.1) is 4.88 Å². The van der Waals surface area contributed by atoms with Gasteiger partial charge in [-0.2, -0.15) is 0 Å². The molecule has 6 heteroatoms. The summed E-state index contributed by atoms with van der Waals surface area (Å²) >= 11 is 1.29. The third-order valence-corrected chi connectivity index (χ3v) is 2.41. The van der Waals surface area contributed by atoms with Crippen LogP contribution in [-0.4, -0.2) is 29.6 Å². The fourth-order valence-electron chi connectivity index (χ4n) is 0.785. The van der Waals surface area contributed by atoms with Crippen LogP contribution in [0.2, 0.25) is 0 Å². The van der Waals surface area contributed by atoms with Crippen LogP contribution in [-0.2, 0) is 4.79 Å². The lowest BCUT2D eigenvalue weighted by Gasteiger charge is -2.06. The summed E-state index contributed by atoms with van der Waals surface area (Å²) in [6.45, 7) is -0.0634. The summed E-state index contributed by atoms with van der Waals surface area (Å²) in [6.07, 6.45) is 0. The highest BCUT2D eigenvalue weighted by Gasteiger charge is 2.13. The van der Waals surface area contributed by atoms with E-state index in [9.17, 15) is 9.59 Å². The van der Waals surface area contributed by atoms with E-state index in [1.807, 2.05) is 0 Å². The van der Waals surface area contributed by atoms with Gasteiger partial charge in [0, 0.05) is 6.54 Å². The van der Waals surface area contributed by atoms with E-state index < -0.39 is 12.0 Å². The van der Waals surface area contributed by atoms with Gasteiger partial charge >= 0.3 is 5.97 Å². The number of amides is 1. The van der Waals surface area contributed by atoms with E-state index in [2.05, 4.69) is 5.32 Å². The molecular weight excluding hydrogens is 204 g/mol. The van der Waals surface area contributed by atoms with Crippen LogP contribution in [0.15, 0.2) is 17.5 Å². The quantitative estimate of drug-likeness (QED) is 0.652. The number of nitrogens with two attached hydrogens (primary N) is 1.